The fourth-order valence-electron chi connectivity index (χ4n) is 2.65. The van der Waals surface area contributed by atoms with Crippen molar-refractivity contribution in [2.45, 2.75) is 26.0 Å². The van der Waals surface area contributed by atoms with E-state index in [4.69, 9.17) is 4.74 Å². The van der Waals surface area contributed by atoms with Crippen LogP contribution in [0.3, 0.4) is 0 Å². The van der Waals surface area contributed by atoms with Gasteiger partial charge in [-0.3, -0.25) is 4.79 Å². The number of imidazole rings is 1. The molecule has 0 bridgehead atoms. The van der Waals surface area contributed by atoms with E-state index in [1.807, 2.05) is 24.3 Å². The molecule has 1 aromatic carbocycles. The normalized spacial score (nSPS) is 15.3. The first-order valence-corrected chi connectivity index (χ1v) is 7.27. The van der Waals surface area contributed by atoms with Crippen LogP contribution in [0, 0.1) is 0 Å². The number of aromatic amines is 1. The van der Waals surface area contributed by atoms with Gasteiger partial charge in [-0.25, -0.2) is 4.98 Å². The number of aliphatic hydroxyl groups is 1. The van der Waals surface area contributed by atoms with Gasteiger partial charge in [-0.15, -0.1) is 0 Å². The molecular formula is C16H19N3O3. The molecule has 1 aromatic heterocycles. The number of aromatic nitrogens is 2. The number of hydrogen-bond donors (Lipinski definition) is 2. The molecule has 1 amide bonds. The lowest BCUT2D eigenvalue weighted by Crippen LogP contribution is -2.41. The molecule has 116 valence electrons. The third-order valence-corrected chi connectivity index (χ3v) is 3.84. The highest BCUT2D eigenvalue weighted by atomic mass is 16.5. The van der Waals surface area contributed by atoms with Gasteiger partial charge in [-0.05, 0) is 19.1 Å². The van der Waals surface area contributed by atoms with Gasteiger partial charge in [0.2, 0.25) is 0 Å². The standard InChI is InChI=1S/C16H19N3O3/c1-10(20)16(21)19-7-6-13-14(9-19)18-15(17-13)11-4-3-5-12(8-11)22-2/h3-5,8,10,20H,6-7,9H2,1-2H3,(H,17,18)/t10-/m1/s1. The van der Waals surface area contributed by atoms with Crippen molar-refractivity contribution in [2.24, 2.45) is 0 Å². The van der Waals surface area contributed by atoms with E-state index in [0.717, 1.165) is 28.5 Å². The van der Waals surface area contributed by atoms with Crippen LogP contribution in [-0.2, 0) is 17.8 Å². The van der Waals surface area contributed by atoms with Gasteiger partial charge in [0.15, 0.2) is 0 Å². The van der Waals surface area contributed by atoms with E-state index < -0.39 is 6.10 Å². The van der Waals surface area contributed by atoms with E-state index in [1.54, 1.807) is 12.0 Å². The van der Waals surface area contributed by atoms with Crippen molar-refractivity contribution < 1.29 is 14.6 Å². The zero-order valence-corrected chi connectivity index (χ0v) is 12.7. The molecule has 1 atom stereocenters. The topological polar surface area (TPSA) is 78.5 Å². The number of carbonyl (C=O) groups excluding carboxylic acids is 1. The third-order valence-electron chi connectivity index (χ3n) is 3.84. The lowest BCUT2D eigenvalue weighted by molar-refractivity contribution is -0.140. The number of fused-ring (bicyclic) bond motifs is 1. The number of benzene rings is 1. The number of nitrogens with one attached hydrogen (secondary N) is 1. The maximum absolute atomic E-state index is 11.9. The molecule has 0 radical (unpaired) electrons. The minimum absolute atomic E-state index is 0.247. The summed E-state index contributed by atoms with van der Waals surface area (Å²) in [5.74, 6) is 1.30. The van der Waals surface area contributed by atoms with E-state index in [9.17, 15) is 9.90 Å². The number of ether oxygens (including phenoxy) is 1. The lowest BCUT2D eigenvalue weighted by Gasteiger charge is -2.27. The molecule has 0 saturated heterocycles. The molecule has 22 heavy (non-hydrogen) atoms. The van der Waals surface area contributed by atoms with E-state index in [1.165, 1.54) is 6.92 Å². The highest BCUT2D eigenvalue weighted by Gasteiger charge is 2.26. The van der Waals surface area contributed by atoms with E-state index >= 15 is 0 Å². The van der Waals surface area contributed by atoms with Crippen LogP contribution in [0.1, 0.15) is 18.3 Å². The molecule has 0 saturated carbocycles. The molecule has 0 fully saturated rings. The molecule has 0 aliphatic carbocycles. The summed E-state index contributed by atoms with van der Waals surface area (Å²) in [6.45, 7) is 2.53. The second kappa shape index (κ2) is 5.81. The van der Waals surface area contributed by atoms with Crippen LogP contribution in [0.15, 0.2) is 24.3 Å². The Morgan fingerprint density at radius 3 is 3.05 bits per heavy atom. The van der Waals surface area contributed by atoms with Crippen molar-refractivity contribution in [3.63, 3.8) is 0 Å². The third kappa shape index (κ3) is 2.69. The molecule has 1 aliphatic heterocycles. The first-order valence-electron chi connectivity index (χ1n) is 7.27. The number of H-pyrrole nitrogens is 1. The van der Waals surface area contributed by atoms with Crippen molar-refractivity contribution in [1.82, 2.24) is 14.9 Å². The average Bonchev–Trinajstić information content (AvgIpc) is 2.97. The van der Waals surface area contributed by atoms with Crippen molar-refractivity contribution in [3.05, 3.63) is 35.7 Å². The van der Waals surface area contributed by atoms with Gasteiger partial charge in [-0.2, -0.15) is 0 Å². The molecular weight excluding hydrogens is 282 g/mol. The summed E-state index contributed by atoms with van der Waals surface area (Å²) < 4.78 is 5.23. The average molecular weight is 301 g/mol. The Labute approximate surface area is 128 Å². The molecule has 0 spiro atoms. The van der Waals surface area contributed by atoms with E-state index in [-0.39, 0.29) is 5.91 Å². The summed E-state index contributed by atoms with van der Waals surface area (Å²) in [4.78, 5) is 21.5. The minimum Gasteiger partial charge on any atom is -0.497 e. The fraction of sp³-hybridized carbons (Fsp3) is 0.375. The van der Waals surface area contributed by atoms with Crippen LogP contribution in [-0.4, -0.2) is 45.6 Å². The fourth-order valence-corrected chi connectivity index (χ4v) is 2.65. The number of carbonyl (C=O) groups is 1. The quantitative estimate of drug-likeness (QED) is 0.897. The van der Waals surface area contributed by atoms with Gasteiger partial charge in [0.1, 0.15) is 17.7 Å². The summed E-state index contributed by atoms with van der Waals surface area (Å²) in [6, 6.07) is 7.68. The number of methoxy groups -OCH3 is 1. The first-order chi connectivity index (χ1) is 10.6. The molecule has 2 N–H and O–H groups in total. The van der Waals surface area contributed by atoms with Crippen LogP contribution in [0.5, 0.6) is 5.75 Å². The number of nitrogens with zero attached hydrogens (tertiary/aromatic N) is 2. The van der Waals surface area contributed by atoms with Crippen molar-refractivity contribution >= 4 is 5.91 Å². The molecule has 1 aliphatic rings. The molecule has 2 aromatic rings. The predicted molar refractivity (Wildman–Crippen MR) is 81.4 cm³/mol. The summed E-state index contributed by atoms with van der Waals surface area (Å²) in [6.07, 6.45) is -0.281. The molecule has 6 nitrogen and oxygen atoms in total. The van der Waals surface area contributed by atoms with Crippen LogP contribution >= 0.6 is 0 Å². The zero-order valence-electron chi connectivity index (χ0n) is 12.7. The highest BCUT2D eigenvalue weighted by molar-refractivity contribution is 5.80. The Morgan fingerprint density at radius 1 is 1.50 bits per heavy atom. The minimum atomic E-state index is -0.970. The number of amides is 1. The molecule has 3 rings (SSSR count). The van der Waals surface area contributed by atoms with Gasteiger partial charge < -0.3 is 19.7 Å². The Morgan fingerprint density at radius 2 is 2.32 bits per heavy atom. The Balaban J connectivity index is 1.86. The molecule has 2 heterocycles. The number of aliphatic hydroxyl groups excluding tert-OH is 1. The van der Waals surface area contributed by atoms with E-state index in [2.05, 4.69) is 9.97 Å². The SMILES string of the molecule is COc1cccc(-c2nc3c([nH]2)CN(C(=O)[C@@H](C)O)CC3)c1. The van der Waals surface area contributed by atoms with Crippen LogP contribution in [0.25, 0.3) is 11.4 Å². The van der Waals surface area contributed by atoms with E-state index in [0.29, 0.717) is 19.5 Å². The maximum Gasteiger partial charge on any atom is 0.251 e. The first kappa shape index (κ1) is 14.6. The van der Waals surface area contributed by atoms with Crippen LogP contribution < -0.4 is 4.74 Å². The second-order valence-corrected chi connectivity index (χ2v) is 5.43. The smallest absolute Gasteiger partial charge is 0.251 e. The van der Waals surface area contributed by atoms with Crippen LogP contribution in [0.2, 0.25) is 0 Å². The van der Waals surface area contributed by atoms with Crippen LogP contribution in [0.4, 0.5) is 0 Å². The summed E-state index contributed by atoms with van der Waals surface area (Å²) in [5.41, 5.74) is 2.85. The van der Waals surface area contributed by atoms with Crippen molar-refractivity contribution in [1.29, 1.82) is 0 Å². The number of rotatable bonds is 3. The van der Waals surface area contributed by atoms with Gasteiger partial charge >= 0.3 is 0 Å². The monoisotopic (exact) mass is 301 g/mol. The second-order valence-electron chi connectivity index (χ2n) is 5.43. The van der Waals surface area contributed by atoms with Gasteiger partial charge in [0.25, 0.3) is 5.91 Å². The van der Waals surface area contributed by atoms with Crippen molar-refractivity contribution in [2.75, 3.05) is 13.7 Å². The number of hydrogen-bond acceptors (Lipinski definition) is 4. The summed E-state index contributed by atoms with van der Waals surface area (Å²) in [7, 11) is 1.63. The Bertz CT molecular complexity index is 694. The van der Waals surface area contributed by atoms with Crippen molar-refractivity contribution in [3.8, 4) is 17.1 Å². The highest BCUT2D eigenvalue weighted by Crippen LogP contribution is 2.25. The zero-order chi connectivity index (χ0) is 15.7. The predicted octanol–water partition coefficient (Wildman–Crippen LogP) is 1.35. The maximum atomic E-state index is 11.9. The van der Waals surface area contributed by atoms with Gasteiger partial charge in [-0.1, -0.05) is 12.1 Å². The van der Waals surface area contributed by atoms with Gasteiger partial charge in [0.05, 0.1) is 25.0 Å². The summed E-state index contributed by atoms with van der Waals surface area (Å²) in [5, 5.41) is 9.43. The Hall–Kier alpha value is -2.34. The lowest BCUT2D eigenvalue weighted by atomic mass is 10.1. The molecule has 0 unspecified atom stereocenters. The molecule has 6 heteroatoms. The summed E-state index contributed by atoms with van der Waals surface area (Å²) >= 11 is 0. The largest absolute Gasteiger partial charge is 0.497 e. The Kier molecular flexibility index (Phi) is 3.85. The van der Waals surface area contributed by atoms with Gasteiger partial charge in [0, 0.05) is 18.5 Å².